The molecule has 0 aliphatic rings. The van der Waals surface area contributed by atoms with Crippen LogP contribution in [0.4, 0.5) is 5.82 Å². The summed E-state index contributed by atoms with van der Waals surface area (Å²) in [7, 11) is -4.14. The Hall–Kier alpha value is -3.54. The molecule has 0 saturated carbocycles. The van der Waals surface area contributed by atoms with Crippen LogP contribution in [-0.2, 0) is 34.7 Å². The number of imidazole rings is 1. The Morgan fingerprint density at radius 3 is 2.41 bits per heavy atom. The molecule has 0 bridgehead atoms. The maximum Gasteiger partial charge on any atom is 0.459 e. The van der Waals surface area contributed by atoms with Gasteiger partial charge in [0.05, 0.1) is 25.1 Å². The number of rotatable bonds is 12. The lowest BCUT2D eigenvalue weighted by atomic mass is 10.3. The summed E-state index contributed by atoms with van der Waals surface area (Å²) in [6.07, 6.45) is 0.617. The Morgan fingerprint density at radius 1 is 1.03 bits per heavy atom. The van der Waals surface area contributed by atoms with Crippen molar-refractivity contribution in [1.29, 1.82) is 0 Å². The summed E-state index contributed by atoms with van der Waals surface area (Å²) in [5.74, 6) is -1.04. The van der Waals surface area contributed by atoms with Crippen LogP contribution >= 0.6 is 7.75 Å². The van der Waals surface area contributed by atoms with Crippen molar-refractivity contribution in [2.45, 2.75) is 65.5 Å². The second kappa shape index (κ2) is 12.1. The third kappa shape index (κ3) is 7.72. The predicted octanol–water partition coefficient (Wildman–Crippen LogP) is 2.86. The predicted molar refractivity (Wildman–Crippen MR) is 134 cm³/mol. The number of nitrogens with zero attached hydrogens (tertiary/aromatic N) is 4. The van der Waals surface area contributed by atoms with E-state index >= 15 is 0 Å². The van der Waals surface area contributed by atoms with Gasteiger partial charge in [0.15, 0.2) is 17.6 Å². The molecule has 0 unspecified atom stereocenters. The number of esters is 2. The van der Waals surface area contributed by atoms with Gasteiger partial charge in [0.2, 0.25) is 0 Å². The summed E-state index contributed by atoms with van der Waals surface area (Å²) in [6.45, 7) is 8.03. The zero-order valence-electron chi connectivity index (χ0n) is 21.2. The highest BCUT2D eigenvalue weighted by atomic mass is 31.2. The van der Waals surface area contributed by atoms with Gasteiger partial charge in [0.1, 0.15) is 23.6 Å². The SMILES string of the molecule is CC(C)OC(=O)[C@H](C)OC(=O)[C@H](C)N[P@@](=O)(Oc1ccccc1)O[C@H](C)Cn1cnc2c(N)ncnc21. The van der Waals surface area contributed by atoms with Crippen LogP contribution in [0.1, 0.15) is 34.6 Å². The smallest absolute Gasteiger partial charge is 0.459 e. The molecule has 13 nitrogen and oxygen atoms in total. The van der Waals surface area contributed by atoms with E-state index in [0.29, 0.717) is 11.2 Å². The molecular formula is C23H31N6O7P. The minimum atomic E-state index is -4.14. The Labute approximate surface area is 214 Å². The molecule has 0 aliphatic heterocycles. The van der Waals surface area contributed by atoms with E-state index in [9.17, 15) is 14.2 Å². The lowest BCUT2D eigenvalue weighted by Crippen LogP contribution is -2.39. The fourth-order valence-corrected chi connectivity index (χ4v) is 4.90. The number of hydrogen-bond acceptors (Lipinski definition) is 11. The fraction of sp³-hybridized carbons (Fsp3) is 0.435. The molecule has 3 N–H and O–H groups in total. The van der Waals surface area contributed by atoms with Crippen LogP contribution in [0.25, 0.3) is 11.2 Å². The maximum absolute atomic E-state index is 13.8. The van der Waals surface area contributed by atoms with Crippen molar-refractivity contribution in [3.63, 3.8) is 0 Å². The van der Waals surface area contributed by atoms with Crippen molar-refractivity contribution in [3.8, 4) is 5.75 Å². The van der Waals surface area contributed by atoms with E-state index < -0.39 is 37.9 Å². The van der Waals surface area contributed by atoms with E-state index in [4.69, 9.17) is 24.3 Å². The van der Waals surface area contributed by atoms with Crippen molar-refractivity contribution < 1.29 is 32.7 Å². The number of nitrogens with one attached hydrogen (secondary N) is 1. The molecule has 3 aromatic rings. The summed E-state index contributed by atoms with van der Waals surface area (Å²) in [5, 5.41) is 2.60. The second-order valence-corrected chi connectivity index (χ2v) is 10.2. The minimum Gasteiger partial charge on any atom is -0.460 e. The van der Waals surface area contributed by atoms with E-state index in [0.717, 1.165) is 0 Å². The summed E-state index contributed by atoms with van der Waals surface area (Å²) < 4.78 is 37.2. The fourth-order valence-electron chi connectivity index (χ4n) is 3.22. The molecule has 3 rings (SSSR count). The number of nitrogen functional groups attached to an aromatic ring is 1. The van der Waals surface area contributed by atoms with Crippen LogP contribution in [0.5, 0.6) is 5.75 Å². The van der Waals surface area contributed by atoms with Crippen LogP contribution in [-0.4, -0.2) is 55.8 Å². The lowest BCUT2D eigenvalue weighted by Gasteiger charge is -2.26. The third-order valence-corrected chi connectivity index (χ3v) is 6.65. The Morgan fingerprint density at radius 2 is 1.73 bits per heavy atom. The second-order valence-electron chi connectivity index (χ2n) is 8.56. The van der Waals surface area contributed by atoms with Gasteiger partial charge in [-0.05, 0) is 46.8 Å². The number of nitrogens with two attached hydrogens (primary N) is 1. The van der Waals surface area contributed by atoms with Crippen molar-refractivity contribution in [3.05, 3.63) is 43.0 Å². The number of para-hydroxylation sites is 1. The Balaban J connectivity index is 1.73. The lowest BCUT2D eigenvalue weighted by molar-refractivity contribution is -0.169. The number of fused-ring (bicyclic) bond motifs is 1. The molecule has 0 saturated heterocycles. The summed E-state index contributed by atoms with van der Waals surface area (Å²) in [4.78, 5) is 36.9. The number of hydrogen-bond donors (Lipinski definition) is 2. The van der Waals surface area contributed by atoms with Gasteiger partial charge in [-0.15, -0.1) is 0 Å². The Kier molecular flexibility index (Phi) is 9.19. The van der Waals surface area contributed by atoms with Crippen molar-refractivity contribution in [1.82, 2.24) is 24.6 Å². The zero-order chi connectivity index (χ0) is 27.2. The van der Waals surface area contributed by atoms with E-state index in [1.54, 1.807) is 55.7 Å². The van der Waals surface area contributed by atoms with Gasteiger partial charge in [0, 0.05) is 0 Å². The van der Waals surface area contributed by atoms with Gasteiger partial charge < -0.3 is 24.3 Å². The summed E-state index contributed by atoms with van der Waals surface area (Å²) in [6, 6.07) is 7.20. The number of carbonyl (C=O) groups is 2. The molecule has 2 heterocycles. The zero-order valence-corrected chi connectivity index (χ0v) is 22.1. The molecule has 0 radical (unpaired) electrons. The van der Waals surface area contributed by atoms with Gasteiger partial charge in [-0.1, -0.05) is 18.2 Å². The molecule has 200 valence electrons. The highest BCUT2D eigenvalue weighted by molar-refractivity contribution is 7.52. The number of anilines is 1. The van der Waals surface area contributed by atoms with Crippen molar-refractivity contribution in [2.75, 3.05) is 5.73 Å². The third-order valence-electron chi connectivity index (χ3n) is 4.85. The normalized spacial score (nSPS) is 15.5. The molecule has 4 atom stereocenters. The Bertz CT molecular complexity index is 1270. The number of benzene rings is 1. The van der Waals surface area contributed by atoms with Gasteiger partial charge in [-0.3, -0.25) is 9.32 Å². The van der Waals surface area contributed by atoms with Crippen molar-refractivity contribution in [2.24, 2.45) is 0 Å². The topological polar surface area (TPSA) is 170 Å². The first kappa shape index (κ1) is 28.0. The molecular weight excluding hydrogens is 503 g/mol. The van der Waals surface area contributed by atoms with Gasteiger partial charge in [0.25, 0.3) is 0 Å². The molecule has 2 aromatic heterocycles. The molecule has 37 heavy (non-hydrogen) atoms. The average molecular weight is 535 g/mol. The van der Waals surface area contributed by atoms with Gasteiger partial charge in [-0.25, -0.2) is 24.3 Å². The highest BCUT2D eigenvalue weighted by Crippen LogP contribution is 2.46. The first-order valence-electron chi connectivity index (χ1n) is 11.6. The number of carbonyl (C=O) groups excluding carboxylic acids is 2. The maximum atomic E-state index is 13.8. The largest absolute Gasteiger partial charge is 0.460 e. The van der Waals surface area contributed by atoms with E-state index in [2.05, 4.69) is 20.0 Å². The van der Waals surface area contributed by atoms with Crippen LogP contribution < -0.4 is 15.3 Å². The van der Waals surface area contributed by atoms with Crippen molar-refractivity contribution >= 4 is 36.7 Å². The van der Waals surface area contributed by atoms with E-state index in [1.807, 2.05) is 0 Å². The molecule has 14 heteroatoms. The van der Waals surface area contributed by atoms with Crippen LogP contribution in [0.2, 0.25) is 0 Å². The average Bonchev–Trinajstić information content (AvgIpc) is 3.22. The van der Waals surface area contributed by atoms with Gasteiger partial charge in [-0.2, -0.15) is 5.09 Å². The summed E-state index contributed by atoms with van der Waals surface area (Å²) >= 11 is 0. The quantitative estimate of drug-likeness (QED) is 0.258. The van der Waals surface area contributed by atoms with Crippen LogP contribution in [0, 0.1) is 0 Å². The summed E-state index contributed by atoms with van der Waals surface area (Å²) in [5.41, 5.74) is 6.75. The number of aromatic nitrogens is 4. The minimum absolute atomic E-state index is 0.188. The van der Waals surface area contributed by atoms with Crippen LogP contribution in [0.3, 0.4) is 0 Å². The molecule has 0 fully saturated rings. The highest BCUT2D eigenvalue weighted by Gasteiger charge is 2.35. The van der Waals surface area contributed by atoms with E-state index in [1.165, 1.54) is 26.5 Å². The van der Waals surface area contributed by atoms with Crippen LogP contribution in [0.15, 0.2) is 43.0 Å². The molecule has 0 amide bonds. The first-order chi connectivity index (χ1) is 17.5. The molecule has 0 spiro atoms. The number of ether oxygens (including phenoxy) is 2. The molecule has 0 aliphatic carbocycles. The van der Waals surface area contributed by atoms with E-state index in [-0.39, 0.29) is 24.2 Å². The monoisotopic (exact) mass is 534 g/mol. The standard InChI is InChI=1S/C23H31N6O7P/c1-14(2)33-23(31)17(5)34-22(30)16(4)28-37(32,36-18-9-7-6-8-10-18)35-15(3)11-29-13-27-19-20(24)25-12-26-21(19)29/h6-10,12-17H,11H2,1-5H3,(H,28,32)(H2,24,25,26)/t15-,16+,17+,37+/m1/s1. The van der Waals surface area contributed by atoms with Gasteiger partial charge >= 0.3 is 19.7 Å². The molecule has 1 aromatic carbocycles. The first-order valence-corrected chi connectivity index (χ1v) is 13.1.